The Morgan fingerprint density at radius 3 is 2.27 bits per heavy atom. The van der Waals surface area contributed by atoms with Crippen LogP contribution >= 0.6 is 0 Å². The summed E-state index contributed by atoms with van der Waals surface area (Å²) in [6.45, 7) is 11.8. The van der Waals surface area contributed by atoms with Gasteiger partial charge in [-0.25, -0.2) is 0 Å². The number of benzene rings is 1. The lowest BCUT2D eigenvalue weighted by atomic mass is 9.83. The summed E-state index contributed by atoms with van der Waals surface area (Å²) < 4.78 is 11.5. The van der Waals surface area contributed by atoms with Crippen LogP contribution in [-0.2, 0) is 6.42 Å². The molecule has 0 aliphatic heterocycles. The number of aryl methyl sites for hydroxylation is 1. The van der Waals surface area contributed by atoms with E-state index in [1.165, 1.54) is 32.1 Å². The van der Waals surface area contributed by atoms with Crippen LogP contribution in [0.3, 0.4) is 0 Å². The van der Waals surface area contributed by atoms with Gasteiger partial charge in [-0.15, -0.1) is 0 Å². The zero-order valence-electron chi connectivity index (χ0n) is 20.4. The number of hydrogen-bond acceptors (Lipinski definition) is 4. The van der Waals surface area contributed by atoms with Crippen LogP contribution in [0.4, 0.5) is 0 Å². The number of aliphatic hydroxyl groups excluding tert-OH is 1. The Kier molecular flexibility index (Phi) is 12.4. The Balaban J connectivity index is 2.41. The summed E-state index contributed by atoms with van der Waals surface area (Å²) in [6.07, 6.45) is 9.12. The highest BCUT2D eigenvalue weighted by Gasteiger charge is 2.27. The van der Waals surface area contributed by atoms with E-state index < -0.39 is 5.54 Å². The Labute approximate surface area is 185 Å². The van der Waals surface area contributed by atoms with Crippen LogP contribution in [0.5, 0.6) is 11.5 Å². The fourth-order valence-electron chi connectivity index (χ4n) is 3.71. The molecule has 0 heterocycles. The molecule has 4 nitrogen and oxygen atoms in total. The number of nitrogens with two attached hydrogens (primary N) is 1. The SMILES string of the molecule is COc1cc(CCC(N)(CO)C(C)C)ccc1OCCCCC(C)CCCC(C)C. The lowest BCUT2D eigenvalue weighted by molar-refractivity contribution is 0.146. The van der Waals surface area contributed by atoms with Crippen molar-refractivity contribution in [2.45, 2.75) is 91.5 Å². The Morgan fingerprint density at radius 2 is 1.67 bits per heavy atom. The summed E-state index contributed by atoms with van der Waals surface area (Å²) in [5.41, 5.74) is 6.94. The maximum Gasteiger partial charge on any atom is 0.161 e. The largest absolute Gasteiger partial charge is 0.493 e. The third kappa shape index (κ3) is 9.70. The topological polar surface area (TPSA) is 64.7 Å². The molecule has 0 aliphatic rings. The monoisotopic (exact) mass is 421 g/mol. The zero-order valence-corrected chi connectivity index (χ0v) is 20.4. The maximum atomic E-state index is 9.65. The van der Waals surface area contributed by atoms with E-state index in [-0.39, 0.29) is 12.5 Å². The van der Waals surface area contributed by atoms with Crippen LogP contribution in [0.2, 0.25) is 0 Å². The second-order valence-corrected chi connectivity index (χ2v) is 9.81. The Bertz CT molecular complexity index is 588. The molecule has 2 atom stereocenters. The molecular weight excluding hydrogens is 374 g/mol. The van der Waals surface area contributed by atoms with Crippen LogP contribution in [-0.4, -0.2) is 31.0 Å². The number of hydrogen-bond donors (Lipinski definition) is 2. The highest BCUT2D eigenvalue weighted by molar-refractivity contribution is 5.43. The van der Waals surface area contributed by atoms with E-state index in [0.717, 1.165) is 54.8 Å². The lowest BCUT2D eigenvalue weighted by Crippen LogP contribution is -2.48. The van der Waals surface area contributed by atoms with Crippen LogP contribution in [0.25, 0.3) is 0 Å². The quantitative estimate of drug-likeness (QED) is 0.322. The van der Waals surface area contributed by atoms with Crippen LogP contribution in [0.15, 0.2) is 18.2 Å². The summed E-state index contributed by atoms with van der Waals surface area (Å²) in [5.74, 6) is 3.42. The summed E-state index contributed by atoms with van der Waals surface area (Å²) >= 11 is 0. The van der Waals surface area contributed by atoms with Gasteiger partial charge in [-0.05, 0) is 61.1 Å². The molecule has 0 aliphatic carbocycles. The third-order valence-corrected chi connectivity index (χ3v) is 6.38. The first kappa shape index (κ1) is 26.8. The van der Waals surface area contributed by atoms with Gasteiger partial charge in [0.05, 0.1) is 20.3 Å². The van der Waals surface area contributed by atoms with Gasteiger partial charge in [0, 0.05) is 5.54 Å². The average Bonchev–Trinajstić information content (AvgIpc) is 2.71. The standard InChI is InChI=1S/C26H47NO3/c1-20(2)10-9-12-22(5)11-7-8-17-30-24-14-13-23(18-25(24)29-6)15-16-26(27,19-28)21(3)4/h13-14,18,20-22,28H,7-12,15-17,19,27H2,1-6H3. The van der Waals surface area contributed by atoms with Crippen molar-refractivity contribution < 1.29 is 14.6 Å². The van der Waals surface area contributed by atoms with Gasteiger partial charge in [0.2, 0.25) is 0 Å². The van der Waals surface area contributed by atoms with Gasteiger partial charge < -0.3 is 20.3 Å². The molecule has 4 heteroatoms. The Morgan fingerprint density at radius 1 is 0.967 bits per heavy atom. The normalized spacial score (nSPS) is 14.7. The fraction of sp³-hybridized carbons (Fsp3) is 0.769. The van der Waals surface area contributed by atoms with Crippen molar-refractivity contribution in [2.24, 2.45) is 23.5 Å². The first-order chi connectivity index (χ1) is 14.2. The molecule has 0 fully saturated rings. The van der Waals surface area contributed by atoms with Gasteiger partial charge in [-0.2, -0.15) is 0 Å². The van der Waals surface area contributed by atoms with Gasteiger partial charge >= 0.3 is 0 Å². The molecule has 1 rings (SSSR count). The fourth-order valence-corrected chi connectivity index (χ4v) is 3.71. The van der Waals surface area contributed by atoms with Crippen molar-refractivity contribution in [3.05, 3.63) is 23.8 Å². The van der Waals surface area contributed by atoms with Gasteiger partial charge in [0.25, 0.3) is 0 Å². The highest BCUT2D eigenvalue weighted by atomic mass is 16.5. The zero-order chi connectivity index (χ0) is 22.6. The first-order valence-electron chi connectivity index (χ1n) is 11.9. The summed E-state index contributed by atoms with van der Waals surface area (Å²) in [5, 5.41) is 9.65. The highest BCUT2D eigenvalue weighted by Crippen LogP contribution is 2.30. The van der Waals surface area contributed by atoms with E-state index in [0.29, 0.717) is 0 Å². The molecule has 1 aromatic rings. The molecule has 0 bridgehead atoms. The predicted octanol–water partition coefficient (Wildman–Crippen LogP) is 5.99. The minimum Gasteiger partial charge on any atom is -0.493 e. The van der Waals surface area contributed by atoms with Crippen LogP contribution in [0, 0.1) is 17.8 Å². The van der Waals surface area contributed by atoms with Crippen LogP contribution in [0.1, 0.15) is 85.1 Å². The molecule has 174 valence electrons. The molecular formula is C26H47NO3. The molecule has 0 spiro atoms. The summed E-state index contributed by atoms with van der Waals surface area (Å²) in [4.78, 5) is 0. The van der Waals surface area contributed by atoms with Crippen molar-refractivity contribution >= 4 is 0 Å². The molecule has 1 aromatic carbocycles. The van der Waals surface area contributed by atoms with E-state index in [1.54, 1.807) is 7.11 Å². The first-order valence-corrected chi connectivity index (χ1v) is 11.9. The number of ether oxygens (including phenoxy) is 2. The van der Waals surface area contributed by atoms with Crippen molar-refractivity contribution in [3.8, 4) is 11.5 Å². The number of rotatable bonds is 16. The molecule has 0 saturated heterocycles. The second-order valence-electron chi connectivity index (χ2n) is 9.81. The van der Waals surface area contributed by atoms with Gasteiger partial charge in [0.1, 0.15) is 0 Å². The molecule has 0 saturated carbocycles. The summed E-state index contributed by atoms with van der Waals surface area (Å²) in [6, 6.07) is 6.10. The van der Waals surface area contributed by atoms with Crippen molar-refractivity contribution in [2.75, 3.05) is 20.3 Å². The molecule has 2 unspecified atom stereocenters. The van der Waals surface area contributed by atoms with Crippen molar-refractivity contribution in [1.82, 2.24) is 0 Å². The van der Waals surface area contributed by atoms with E-state index in [9.17, 15) is 5.11 Å². The van der Waals surface area contributed by atoms with Crippen LogP contribution < -0.4 is 15.2 Å². The lowest BCUT2D eigenvalue weighted by Gasteiger charge is -2.31. The number of methoxy groups -OCH3 is 1. The van der Waals surface area contributed by atoms with Crippen molar-refractivity contribution in [1.29, 1.82) is 0 Å². The Hall–Kier alpha value is -1.26. The van der Waals surface area contributed by atoms with Gasteiger partial charge in [0.15, 0.2) is 11.5 Å². The number of unbranched alkanes of at least 4 members (excludes halogenated alkanes) is 1. The minimum absolute atomic E-state index is 0.000655. The molecule has 3 N–H and O–H groups in total. The number of aliphatic hydroxyl groups is 1. The van der Waals surface area contributed by atoms with Gasteiger partial charge in [-0.1, -0.05) is 66.4 Å². The summed E-state index contributed by atoms with van der Waals surface area (Å²) in [7, 11) is 1.68. The minimum atomic E-state index is -0.547. The van der Waals surface area contributed by atoms with E-state index in [4.69, 9.17) is 15.2 Å². The molecule has 0 radical (unpaired) electrons. The van der Waals surface area contributed by atoms with E-state index in [2.05, 4.69) is 40.7 Å². The smallest absolute Gasteiger partial charge is 0.161 e. The van der Waals surface area contributed by atoms with Gasteiger partial charge in [-0.3, -0.25) is 0 Å². The maximum absolute atomic E-state index is 9.65. The van der Waals surface area contributed by atoms with E-state index >= 15 is 0 Å². The van der Waals surface area contributed by atoms with E-state index in [1.807, 2.05) is 12.1 Å². The second kappa shape index (κ2) is 13.9. The predicted molar refractivity (Wildman–Crippen MR) is 127 cm³/mol. The van der Waals surface area contributed by atoms with Crippen molar-refractivity contribution in [3.63, 3.8) is 0 Å². The average molecular weight is 422 g/mol. The molecule has 0 amide bonds. The molecule has 30 heavy (non-hydrogen) atoms. The third-order valence-electron chi connectivity index (χ3n) is 6.38. The molecule has 0 aromatic heterocycles.